The Balaban J connectivity index is 2.24. The van der Waals surface area contributed by atoms with Crippen LogP contribution in [0.1, 0.15) is 38.5 Å². The fourth-order valence-electron chi connectivity index (χ4n) is 2.56. The van der Waals surface area contributed by atoms with E-state index in [1.54, 1.807) is 5.57 Å². The van der Waals surface area contributed by atoms with Gasteiger partial charge in [0.25, 0.3) is 0 Å². The van der Waals surface area contributed by atoms with Crippen LogP contribution in [0.25, 0.3) is 0 Å². The summed E-state index contributed by atoms with van der Waals surface area (Å²) in [6, 6.07) is 2.72. The second kappa shape index (κ2) is 3.51. The van der Waals surface area contributed by atoms with Crippen LogP contribution < -0.4 is 5.73 Å². The van der Waals surface area contributed by atoms with Crippen molar-refractivity contribution in [2.24, 2.45) is 11.7 Å². The van der Waals surface area contributed by atoms with Gasteiger partial charge < -0.3 is 5.73 Å². The molecule has 0 aromatic rings. The summed E-state index contributed by atoms with van der Waals surface area (Å²) in [7, 11) is 0. The molecule has 0 saturated carbocycles. The van der Waals surface area contributed by atoms with Crippen molar-refractivity contribution in [1.82, 2.24) is 0 Å². The van der Waals surface area contributed by atoms with E-state index in [0.717, 1.165) is 25.7 Å². The van der Waals surface area contributed by atoms with Crippen molar-refractivity contribution in [3.05, 3.63) is 11.1 Å². The van der Waals surface area contributed by atoms with Gasteiger partial charge in [0.1, 0.15) is 0 Å². The number of nitriles is 1. The Morgan fingerprint density at radius 3 is 2.92 bits per heavy atom. The zero-order chi connectivity index (χ0) is 9.26. The van der Waals surface area contributed by atoms with Gasteiger partial charge in [-0.2, -0.15) is 5.26 Å². The highest BCUT2D eigenvalue weighted by molar-refractivity contribution is 5.27. The molecule has 2 N–H and O–H groups in total. The van der Waals surface area contributed by atoms with E-state index in [2.05, 4.69) is 6.07 Å². The summed E-state index contributed by atoms with van der Waals surface area (Å²) in [6.45, 7) is 0. The number of hydrogen-bond acceptors (Lipinski definition) is 2. The van der Waals surface area contributed by atoms with E-state index in [1.165, 1.54) is 18.4 Å². The predicted molar refractivity (Wildman–Crippen MR) is 51.8 cm³/mol. The minimum atomic E-state index is 0.190. The Bertz CT molecular complexity index is 272. The second-order valence-electron chi connectivity index (χ2n) is 4.21. The van der Waals surface area contributed by atoms with Crippen molar-refractivity contribution in [2.45, 2.75) is 44.6 Å². The summed E-state index contributed by atoms with van der Waals surface area (Å²) in [5.41, 5.74) is 8.87. The van der Waals surface area contributed by atoms with Gasteiger partial charge in [0, 0.05) is 6.04 Å². The highest BCUT2D eigenvalue weighted by Gasteiger charge is 2.27. The van der Waals surface area contributed by atoms with Crippen LogP contribution in [0, 0.1) is 17.2 Å². The summed E-state index contributed by atoms with van der Waals surface area (Å²) in [5.74, 6) is 0.190. The summed E-state index contributed by atoms with van der Waals surface area (Å²) < 4.78 is 0. The van der Waals surface area contributed by atoms with Gasteiger partial charge in [-0.05, 0) is 38.5 Å². The molecule has 70 valence electrons. The maximum Gasteiger partial charge on any atom is 0.0700 e. The SMILES string of the molecule is N#CC1CCCC2=C1CC(N)CC2. The van der Waals surface area contributed by atoms with E-state index in [1.807, 2.05) is 0 Å². The van der Waals surface area contributed by atoms with Crippen LogP contribution in [0.5, 0.6) is 0 Å². The van der Waals surface area contributed by atoms with Crippen LogP contribution in [-0.2, 0) is 0 Å². The monoisotopic (exact) mass is 176 g/mol. The molecule has 2 aliphatic rings. The van der Waals surface area contributed by atoms with Crippen LogP contribution in [0.4, 0.5) is 0 Å². The van der Waals surface area contributed by atoms with Gasteiger partial charge in [0.2, 0.25) is 0 Å². The first-order valence-electron chi connectivity index (χ1n) is 5.17. The van der Waals surface area contributed by atoms with E-state index >= 15 is 0 Å². The molecular weight excluding hydrogens is 160 g/mol. The molecule has 0 amide bonds. The van der Waals surface area contributed by atoms with E-state index in [0.29, 0.717) is 6.04 Å². The van der Waals surface area contributed by atoms with Crippen molar-refractivity contribution in [2.75, 3.05) is 0 Å². The van der Waals surface area contributed by atoms with E-state index in [-0.39, 0.29) is 5.92 Å². The molecule has 2 rings (SSSR count). The molecule has 2 unspecified atom stereocenters. The first kappa shape index (κ1) is 8.77. The molecule has 0 bridgehead atoms. The van der Waals surface area contributed by atoms with Crippen molar-refractivity contribution in [3.8, 4) is 6.07 Å². The molecule has 0 aliphatic heterocycles. The van der Waals surface area contributed by atoms with Gasteiger partial charge in [0.15, 0.2) is 0 Å². The number of rotatable bonds is 0. The minimum Gasteiger partial charge on any atom is -0.327 e. The Morgan fingerprint density at radius 2 is 2.15 bits per heavy atom. The number of hydrogen-bond donors (Lipinski definition) is 1. The second-order valence-corrected chi connectivity index (χ2v) is 4.21. The lowest BCUT2D eigenvalue weighted by molar-refractivity contribution is 0.469. The van der Waals surface area contributed by atoms with Crippen molar-refractivity contribution in [3.63, 3.8) is 0 Å². The smallest absolute Gasteiger partial charge is 0.0700 e. The van der Waals surface area contributed by atoms with Gasteiger partial charge in [0.05, 0.1) is 12.0 Å². The van der Waals surface area contributed by atoms with Crippen molar-refractivity contribution in [1.29, 1.82) is 5.26 Å². The molecule has 2 aliphatic carbocycles. The zero-order valence-electron chi connectivity index (χ0n) is 7.92. The van der Waals surface area contributed by atoms with Crippen LogP contribution in [0.2, 0.25) is 0 Å². The summed E-state index contributed by atoms with van der Waals surface area (Å²) in [6.07, 6.45) is 6.73. The molecule has 0 aromatic heterocycles. The molecule has 2 atom stereocenters. The van der Waals surface area contributed by atoms with Crippen LogP contribution >= 0.6 is 0 Å². The Kier molecular flexibility index (Phi) is 2.37. The van der Waals surface area contributed by atoms with Crippen LogP contribution in [0.3, 0.4) is 0 Å². The maximum absolute atomic E-state index is 8.99. The van der Waals surface area contributed by atoms with E-state index in [4.69, 9.17) is 11.0 Å². The molecule has 2 heteroatoms. The van der Waals surface area contributed by atoms with Gasteiger partial charge in [-0.25, -0.2) is 0 Å². The topological polar surface area (TPSA) is 49.8 Å². The molecule has 0 saturated heterocycles. The van der Waals surface area contributed by atoms with Crippen molar-refractivity contribution >= 4 is 0 Å². The fourth-order valence-corrected chi connectivity index (χ4v) is 2.56. The molecule has 0 radical (unpaired) electrons. The molecule has 2 nitrogen and oxygen atoms in total. The zero-order valence-corrected chi connectivity index (χ0v) is 7.92. The Labute approximate surface area is 79.4 Å². The first-order valence-corrected chi connectivity index (χ1v) is 5.17. The lowest BCUT2D eigenvalue weighted by atomic mass is 9.75. The van der Waals surface area contributed by atoms with Gasteiger partial charge >= 0.3 is 0 Å². The number of nitrogens with two attached hydrogens (primary N) is 1. The number of nitrogens with zero attached hydrogens (tertiary/aromatic N) is 1. The summed E-state index contributed by atoms with van der Waals surface area (Å²) in [5, 5.41) is 8.99. The minimum absolute atomic E-state index is 0.190. The van der Waals surface area contributed by atoms with Gasteiger partial charge in [-0.3, -0.25) is 0 Å². The molecule has 0 aromatic carbocycles. The third-order valence-electron chi connectivity index (χ3n) is 3.30. The Hall–Kier alpha value is -0.810. The lowest BCUT2D eigenvalue weighted by Gasteiger charge is -2.31. The van der Waals surface area contributed by atoms with Gasteiger partial charge in [-0.1, -0.05) is 11.1 Å². The largest absolute Gasteiger partial charge is 0.327 e. The first-order chi connectivity index (χ1) is 6.31. The number of allylic oxidation sites excluding steroid dienone is 1. The van der Waals surface area contributed by atoms with Crippen LogP contribution in [0.15, 0.2) is 11.1 Å². The third kappa shape index (κ3) is 1.62. The lowest BCUT2D eigenvalue weighted by Crippen LogP contribution is -2.28. The predicted octanol–water partition coefficient (Wildman–Crippen LogP) is 2.12. The van der Waals surface area contributed by atoms with E-state index in [9.17, 15) is 0 Å². The van der Waals surface area contributed by atoms with E-state index < -0.39 is 0 Å². The summed E-state index contributed by atoms with van der Waals surface area (Å²) >= 11 is 0. The summed E-state index contributed by atoms with van der Waals surface area (Å²) in [4.78, 5) is 0. The average Bonchev–Trinajstić information content (AvgIpc) is 2.17. The molecular formula is C11H16N2. The molecule has 0 heterocycles. The molecule has 0 fully saturated rings. The maximum atomic E-state index is 8.99. The van der Waals surface area contributed by atoms with Crippen LogP contribution in [-0.4, -0.2) is 6.04 Å². The highest BCUT2D eigenvalue weighted by Crippen LogP contribution is 2.38. The Morgan fingerprint density at radius 1 is 1.31 bits per heavy atom. The fraction of sp³-hybridized carbons (Fsp3) is 0.727. The van der Waals surface area contributed by atoms with Gasteiger partial charge in [-0.15, -0.1) is 0 Å². The quantitative estimate of drug-likeness (QED) is 0.575. The molecule has 0 spiro atoms. The average molecular weight is 176 g/mol. The normalized spacial score (nSPS) is 33.8. The molecule has 13 heavy (non-hydrogen) atoms. The third-order valence-corrected chi connectivity index (χ3v) is 3.30. The standard InChI is InChI=1S/C11H16N2/c12-7-9-3-1-2-8-4-5-10(13)6-11(8)9/h9-10H,1-6,13H2. The van der Waals surface area contributed by atoms with Crippen molar-refractivity contribution < 1.29 is 0 Å². The highest BCUT2D eigenvalue weighted by atomic mass is 14.6.